The highest BCUT2D eigenvalue weighted by atomic mass is 35.5. The van der Waals surface area contributed by atoms with Crippen molar-refractivity contribution in [3.63, 3.8) is 0 Å². The molecule has 0 aliphatic heterocycles. The zero-order valence-corrected chi connectivity index (χ0v) is 17.6. The largest absolute Gasteiger partial charge is 0.465 e. The van der Waals surface area contributed by atoms with Crippen LogP contribution in [0.2, 0.25) is 0 Å². The first-order chi connectivity index (χ1) is 14.3. The van der Waals surface area contributed by atoms with E-state index in [1.807, 2.05) is 6.20 Å². The third-order valence-corrected chi connectivity index (χ3v) is 6.05. The Balaban J connectivity index is 1.77. The standard InChI is InChI=1S/C21H19Cl2FN4O2/c1-2-28(20(29)30)18-9-14(7-8-25-18)17-12-27(11-15-10-21(15,22)23)26-19(17)13-3-5-16(24)6-4-13/h3-9,12,15H,2,10-11H2,1H3,(H,29,30). The predicted molar refractivity (Wildman–Crippen MR) is 114 cm³/mol. The summed E-state index contributed by atoms with van der Waals surface area (Å²) in [5.41, 5.74) is 2.93. The third kappa shape index (κ3) is 4.13. The molecule has 0 bridgehead atoms. The molecule has 3 aromatic rings. The van der Waals surface area contributed by atoms with Crippen LogP contribution in [0.15, 0.2) is 48.8 Å². The van der Waals surface area contributed by atoms with Crippen LogP contribution < -0.4 is 4.90 Å². The van der Waals surface area contributed by atoms with Gasteiger partial charge in [-0.05, 0) is 55.3 Å². The summed E-state index contributed by atoms with van der Waals surface area (Å²) in [4.78, 5) is 16.8. The fraction of sp³-hybridized carbons (Fsp3) is 0.286. The summed E-state index contributed by atoms with van der Waals surface area (Å²) >= 11 is 12.3. The number of halogens is 3. The summed E-state index contributed by atoms with van der Waals surface area (Å²) in [7, 11) is 0. The first kappa shape index (κ1) is 20.6. The van der Waals surface area contributed by atoms with Crippen molar-refractivity contribution in [2.45, 2.75) is 24.2 Å². The third-order valence-electron chi connectivity index (χ3n) is 5.12. The molecule has 1 atom stereocenters. The number of pyridine rings is 1. The minimum absolute atomic E-state index is 0.102. The average molecular weight is 449 g/mol. The topological polar surface area (TPSA) is 71.2 Å². The number of carbonyl (C=O) groups is 1. The number of amides is 1. The molecule has 1 aliphatic carbocycles. The van der Waals surface area contributed by atoms with Crippen molar-refractivity contribution in [2.24, 2.45) is 5.92 Å². The van der Waals surface area contributed by atoms with Gasteiger partial charge in [0.05, 0.1) is 0 Å². The summed E-state index contributed by atoms with van der Waals surface area (Å²) in [6, 6.07) is 9.57. The highest BCUT2D eigenvalue weighted by Gasteiger charge is 2.51. The molecule has 2 heterocycles. The van der Waals surface area contributed by atoms with E-state index in [-0.39, 0.29) is 18.3 Å². The van der Waals surface area contributed by atoms with E-state index in [1.165, 1.54) is 12.1 Å². The molecule has 2 aromatic heterocycles. The number of hydrogen-bond donors (Lipinski definition) is 1. The fourth-order valence-corrected chi connectivity index (χ4v) is 3.88. The number of carboxylic acid groups (broad SMARTS) is 1. The monoisotopic (exact) mass is 448 g/mol. The molecule has 0 spiro atoms. The van der Waals surface area contributed by atoms with Crippen molar-refractivity contribution in [3.05, 3.63) is 54.6 Å². The summed E-state index contributed by atoms with van der Waals surface area (Å²) in [5.74, 6) is 0.0892. The van der Waals surface area contributed by atoms with Crippen molar-refractivity contribution in [1.29, 1.82) is 0 Å². The van der Waals surface area contributed by atoms with Gasteiger partial charge in [-0.3, -0.25) is 9.58 Å². The van der Waals surface area contributed by atoms with Crippen LogP contribution in [0.4, 0.5) is 15.0 Å². The smallest absolute Gasteiger partial charge is 0.412 e. The zero-order chi connectivity index (χ0) is 21.5. The van der Waals surface area contributed by atoms with Crippen molar-refractivity contribution < 1.29 is 14.3 Å². The van der Waals surface area contributed by atoms with Gasteiger partial charge in [0, 0.05) is 42.5 Å². The lowest BCUT2D eigenvalue weighted by Gasteiger charge is -2.16. The molecular weight excluding hydrogens is 430 g/mol. The summed E-state index contributed by atoms with van der Waals surface area (Å²) in [5, 5.41) is 14.1. The van der Waals surface area contributed by atoms with Crippen LogP contribution in [0, 0.1) is 11.7 Å². The van der Waals surface area contributed by atoms with Crippen molar-refractivity contribution >= 4 is 35.1 Å². The number of nitrogens with zero attached hydrogens (tertiary/aromatic N) is 4. The van der Waals surface area contributed by atoms with Crippen LogP contribution in [0.25, 0.3) is 22.4 Å². The highest BCUT2D eigenvalue weighted by molar-refractivity contribution is 6.50. The van der Waals surface area contributed by atoms with E-state index in [2.05, 4.69) is 10.1 Å². The molecule has 1 saturated carbocycles. The molecular formula is C21H19Cl2FN4O2. The van der Waals surface area contributed by atoms with Gasteiger partial charge in [-0.15, -0.1) is 23.2 Å². The van der Waals surface area contributed by atoms with Crippen LogP contribution in [0.5, 0.6) is 0 Å². The van der Waals surface area contributed by atoms with Gasteiger partial charge in [0.25, 0.3) is 0 Å². The second-order valence-corrected chi connectivity index (χ2v) is 8.75. The van der Waals surface area contributed by atoms with Gasteiger partial charge in [0.15, 0.2) is 0 Å². The van der Waals surface area contributed by atoms with E-state index in [9.17, 15) is 14.3 Å². The Morgan fingerprint density at radius 1 is 1.30 bits per heavy atom. The number of aromatic nitrogens is 3. The molecule has 1 fully saturated rings. The minimum atomic E-state index is -1.08. The Hall–Kier alpha value is -2.64. The van der Waals surface area contributed by atoms with Crippen molar-refractivity contribution in [3.8, 4) is 22.4 Å². The van der Waals surface area contributed by atoms with E-state index in [1.54, 1.807) is 42.1 Å². The van der Waals surface area contributed by atoms with Crippen molar-refractivity contribution in [1.82, 2.24) is 14.8 Å². The summed E-state index contributed by atoms with van der Waals surface area (Å²) in [6.45, 7) is 2.56. The normalized spacial score (nSPS) is 17.0. The van der Waals surface area contributed by atoms with Gasteiger partial charge < -0.3 is 5.11 Å². The molecule has 0 radical (unpaired) electrons. The summed E-state index contributed by atoms with van der Waals surface area (Å²) in [6.07, 6.45) is 3.05. The van der Waals surface area contributed by atoms with Crippen molar-refractivity contribution in [2.75, 3.05) is 11.4 Å². The maximum atomic E-state index is 13.4. The second kappa shape index (κ2) is 7.89. The predicted octanol–water partition coefficient (Wildman–Crippen LogP) is 5.45. The van der Waals surface area contributed by atoms with Gasteiger partial charge in [-0.25, -0.2) is 14.2 Å². The van der Waals surface area contributed by atoms with Crippen LogP contribution in [-0.4, -0.2) is 36.8 Å². The van der Waals surface area contributed by atoms with Crippen LogP contribution >= 0.6 is 23.2 Å². The van der Waals surface area contributed by atoms with E-state index in [0.717, 1.165) is 21.6 Å². The Kier molecular flexibility index (Phi) is 5.42. The van der Waals surface area contributed by atoms with Gasteiger partial charge in [0.1, 0.15) is 21.7 Å². The maximum absolute atomic E-state index is 13.4. The fourth-order valence-electron chi connectivity index (χ4n) is 3.37. The molecule has 6 nitrogen and oxygen atoms in total. The van der Waals surface area contributed by atoms with E-state index >= 15 is 0 Å². The molecule has 1 aliphatic rings. The lowest BCUT2D eigenvalue weighted by Crippen LogP contribution is -2.29. The second-order valence-electron chi connectivity index (χ2n) is 7.21. The van der Waals surface area contributed by atoms with E-state index in [0.29, 0.717) is 24.5 Å². The molecule has 1 amide bonds. The number of benzene rings is 1. The maximum Gasteiger partial charge on any atom is 0.412 e. The van der Waals surface area contributed by atoms with E-state index < -0.39 is 10.4 Å². The quantitative estimate of drug-likeness (QED) is 0.508. The van der Waals surface area contributed by atoms with Gasteiger partial charge in [-0.2, -0.15) is 5.10 Å². The molecule has 30 heavy (non-hydrogen) atoms. The molecule has 1 unspecified atom stereocenters. The van der Waals surface area contributed by atoms with Gasteiger partial charge in [0.2, 0.25) is 0 Å². The molecule has 0 saturated heterocycles. The lowest BCUT2D eigenvalue weighted by atomic mass is 10.0. The SMILES string of the molecule is CCN(C(=O)O)c1cc(-c2cn(CC3CC3(Cl)Cl)nc2-c2ccc(F)cc2)ccn1. The molecule has 9 heteroatoms. The zero-order valence-electron chi connectivity index (χ0n) is 16.1. The Morgan fingerprint density at radius 3 is 2.60 bits per heavy atom. The molecule has 156 valence electrons. The number of hydrogen-bond acceptors (Lipinski definition) is 3. The van der Waals surface area contributed by atoms with Crippen LogP contribution in [0.1, 0.15) is 13.3 Å². The number of alkyl halides is 2. The minimum Gasteiger partial charge on any atom is -0.465 e. The number of anilines is 1. The van der Waals surface area contributed by atoms with E-state index in [4.69, 9.17) is 23.2 Å². The molecule has 1 N–H and O–H groups in total. The first-order valence-electron chi connectivity index (χ1n) is 9.46. The first-order valence-corrected chi connectivity index (χ1v) is 10.2. The number of rotatable bonds is 6. The Morgan fingerprint density at radius 2 is 2.00 bits per heavy atom. The van der Waals surface area contributed by atoms with Gasteiger partial charge in [-0.1, -0.05) is 0 Å². The van der Waals surface area contributed by atoms with Crippen LogP contribution in [-0.2, 0) is 6.54 Å². The molecule has 4 rings (SSSR count). The highest BCUT2D eigenvalue weighted by Crippen LogP contribution is 2.54. The van der Waals surface area contributed by atoms with Crippen LogP contribution in [0.3, 0.4) is 0 Å². The lowest BCUT2D eigenvalue weighted by molar-refractivity contribution is 0.202. The Bertz CT molecular complexity index is 1080. The summed E-state index contributed by atoms with van der Waals surface area (Å²) < 4.78 is 14.5. The van der Waals surface area contributed by atoms with Gasteiger partial charge >= 0.3 is 6.09 Å². The Labute approximate surface area is 182 Å². The average Bonchev–Trinajstić information content (AvgIpc) is 3.10. The molecule has 1 aromatic carbocycles.